The average molecular weight is 186 g/mol. The first-order valence-electron chi connectivity index (χ1n) is 5.55. The highest BCUT2D eigenvalue weighted by molar-refractivity contribution is 4.64. The summed E-state index contributed by atoms with van der Waals surface area (Å²) < 4.78 is 0. The fourth-order valence-electron chi connectivity index (χ4n) is 1.42. The van der Waals surface area contributed by atoms with Crippen LogP contribution < -0.4 is 5.73 Å². The summed E-state index contributed by atoms with van der Waals surface area (Å²) in [6, 6.07) is 0.671. The molecular formula is C11H26N2. The minimum absolute atomic E-state index is 0.665. The molecule has 0 amide bonds. The summed E-state index contributed by atoms with van der Waals surface area (Å²) in [4.78, 5) is 2.53. The average Bonchev–Trinajstić information content (AvgIpc) is 2.11. The lowest BCUT2D eigenvalue weighted by Crippen LogP contribution is -2.33. The zero-order valence-electron chi connectivity index (χ0n) is 9.71. The summed E-state index contributed by atoms with van der Waals surface area (Å²) >= 11 is 0. The predicted molar refractivity (Wildman–Crippen MR) is 59.8 cm³/mol. The summed E-state index contributed by atoms with van der Waals surface area (Å²) in [5, 5.41) is 0. The van der Waals surface area contributed by atoms with Crippen molar-refractivity contribution in [1.29, 1.82) is 0 Å². The number of hydrogen-bond donors (Lipinski definition) is 1. The van der Waals surface area contributed by atoms with Crippen LogP contribution >= 0.6 is 0 Å². The fraction of sp³-hybridized carbons (Fsp3) is 1.00. The SMILES string of the molecule is CCCN(CCC(C)CN)C(C)C. The Morgan fingerprint density at radius 1 is 1.15 bits per heavy atom. The molecule has 0 saturated heterocycles. The first-order valence-corrected chi connectivity index (χ1v) is 5.55. The molecule has 0 aromatic heterocycles. The van der Waals surface area contributed by atoms with Gasteiger partial charge in [0, 0.05) is 6.04 Å². The molecule has 0 aromatic carbocycles. The van der Waals surface area contributed by atoms with Crippen molar-refractivity contribution in [3.63, 3.8) is 0 Å². The summed E-state index contributed by atoms with van der Waals surface area (Å²) in [5.74, 6) is 0.665. The summed E-state index contributed by atoms with van der Waals surface area (Å²) in [6.45, 7) is 12.2. The van der Waals surface area contributed by atoms with Gasteiger partial charge in [0.1, 0.15) is 0 Å². The van der Waals surface area contributed by atoms with Crippen LogP contribution in [0.15, 0.2) is 0 Å². The van der Waals surface area contributed by atoms with Crippen molar-refractivity contribution in [1.82, 2.24) is 4.90 Å². The Hall–Kier alpha value is -0.0800. The molecule has 0 heterocycles. The van der Waals surface area contributed by atoms with E-state index in [0.29, 0.717) is 12.0 Å². The van der Waals surface area contributed by atoms with Crippen molar-refractivity contribution in [3.8, 4) is 0 Å². The maximum atomic E-state index is 5.59. The maximum Gasteiger partial charge on any atom is 0.00385 e. The molecule has 2 heteroatoms. The van der Waals surface area contributed by atoms with Gasteiger partial charge in [-0.3, -0.25) is 0 Å². The molecule has 0 aromatic rings. The van der Waals surface area contributed by atoms with E-state index in [9.17, 15) is 0 Å². The van der Waals surface area contributed by atoms with Crippen molar-refractivity contribution in [2.45, 2.75) is 46.6 Å². The molecule has 13 heavy (non-hydrogen) atoms. The summed E-state index contributed by atoms with van der Waals surface area (Å²) in [6.07, 6.45) is 2.48. The monoisotopic (exact) mass is 186 g/mol. The van der Waals surface area contributed by atoms with Gasteiger partial charge in [-0.25, -0.2) is 0 Å². The molecule has 0 bridgehead atoms. The van der Waals surface area contributed by atoms with Gasteiger partial charge < -0.3 is 10.6 Å². The van der Waals surface area contributed by atoms with Crippen LogP contribution in [-0.2, 0) is 0 Å². The molecule has 80 valence electrons. The molecular weight excluding hydrogens is 160 g/mol. The smallest absolute Gasteiger partial charge is 0.00385 e. The number of nitrogens with zero attached hydrogens (tertiary/aromatic N) is 1. The molecule has 0 aliphatic heterocycles. The standard InChI is InChI=1S/C11H26N2/c1-5-7-13(10(2)3)8-6-11(4)9-12/h10-11H,5-9,12H2,1-4H3. The van der Waals surface area contributed by atoms with Gasteiger partial charge in [0.15, 0.2) is 0 Å². The van der Waals surface area contributed by atoms with Crippen LogP contribution in [0, 0.1) is 5.92 Å². The van der Waals surface area contributed by atoms with Crippen molar-refractivity contribution < 1.29 is 0 Å². The third-order valence-electron chi connectivity index (χ3n) is 2.55. The van der Waals surface area contributed by atoms with Crippen molar-refractivity contribution in [2.75, 3.05) is 19.6 Å². The highest BCUT2D eigenvalue weighted by atomic mass is 15.1. The van der Waals surface area contributed by atoms with E-state index in [1.165, 1.54) is 25.9 Å². The minimum atomic E-state index is 0.665. The van der Waals surface area contributed by atoms with E-state index in [0.717, 1.165) is 6.54 Å². The van der Waals surface area contributed by atoms with Crippen LogP contribution in [0.25, 0.3) is 0 Å². The Labute approximate surface area is 83.5 Å². The van der Waals surface area contributed by atoms with E-state index in [1.807, 2.05) is 0 Å². The lowest BCUT2D eigenvalue weighted by atomic mass is 10.1. The van der Waals surface area contributed by atoms with Crippen LogP contribution in [0.1, 0.15) is 40.5 Å². The third-order valence-corrected chi connectivity index (χ3v) is 2.55. The molecule has 1 atom stereocenters. The Bertz CT molecular complexity index is 113. The summed E-state index contributed by atoms with van der Waals surface area (Å²) in [7, 11) is 0. The van der Waals surface area contributed by atoms with Gasteiger partial charge in [-0.15, -0.1) is 0 Å². The van der Waals surface area contributed by atoms with Crippen LogP contribution in [0.4, 0.5) is 0 Å². The van der Waals surface area contributed by atoms with Crippen LogP contribution in [0.3, 0.4) is 0 Å². The third kappa shape index (κ3) is 6.05. The molecule has 0 rings (SSSR count). The van der Waals surface area contributed by atoms with Crippen molar-refractivity contribution in [3.05, 3.63) is 0 Å². The van der Waals surface area contributed by atoms with Crippen molar-refractivity contribution >= 4 is 0 Å². The number of nitrogens with two attached hydrogens (primary N) is 1. The van der Waals surface area contributed by atoms with Gasteiger partial charge in [0.2, 0.25) is 0 Å². The van der Waals surface area contributed by atoms with Crippen LogP contribution in [0.2, 0.25) is 0 Å². The molecule has 0 fully saturated rings. The van der Waals surface area contributed by atoms with Gasteiger partial charge in [-0.2, -0.15) is 0 Å². The molecule has 1 unspecified atom stereocenters. The van der Waals surface area contributed by atoms with Crippen LogP contribution in [0.5, 0.6) is 0 Å². The maximum absolute atomic E-state index is 5.59. The molecule has 2 nitrogen and oxygen atoms in total. The zero-order valence-corrected chi connectivity index (χ0v) is 9.71. The number of hydrogen-bond acceptors (Lipinski definition) is 2. The van der Waals surface area contributed by atoms with Crippen LogP contribution in [-0.4, -0.2) is 30.6 Å². The fourth-order valence-corrected chi connectivity index (χ4v) is 1.42. The van der Waals surface area contributed by atoms with E-state index in [2.05, 4.69) is 32.6 Å². The molecule has 2 N–H and O–H groups in total. The quantitative estimate of drug-likeness (QED) is 0.659. The summed E-state index contributed by atoms with van der Waals surface area (Å²) in [5.41, 5.74) is 5.59. The first kappa shape index (κ1) is 12.9. The first-order chi connectivity index (χ1) is 6.11. The lowest BCUT2D eigenvalue weighted by molar-refractivity contribution is 0.208. The van der Waals surface area contributed by atoms with Gasteiger partial charge >= 0.3 is 0 Å². The minimum Gasteiger partial charge on any atom is -0.330 e. The Kier molecular flexibility index (Phi) is 7.29. The van der Waals surface area contributed by atoms with Gasteiger partial charge in [0.05, 0.1) is 0 Å². The number of rotatable bonds is 7. The van der Waals surface area contributed by atoms with E-state index in [4.69, 9.17) is 5.73 Å². The second-order valence-corrected chi connectivity index (χ2v) is 4.26. The van der Waals surface area contributed by atoms with E-state index < -0.39 is 0 Å². The van der Waals surface area contributed by atoms with E-state index in [1.54, 1.807) is 0 Å². The van der Waals surface area contributed by atoms with Crippen molar-refractivity contribution in [2.24, 2.45) is 11.7 Å². The Morgan fingerprint density at radius 2 is 1.77 bits per heavy atom. The van der Waals surface area contributed by atoms with Gasteiger partial charge in [-0.05, 0) is 52.2 Å². The largest absolute Gasteiger partial charge is 0.330 e. The van der Waals surface area contributed by atoms with Gasteiger partial charge in [-0.1, -0.05) is 13.8 Å². The highest BCUT2D eigenvalue weighted by Crippen LogP contribution is 2.05. The second kappa shape index (κ2) is 7.34. The predicted octanol–water partition coefficient (Wildman–Crippen LogP) is 2.09. The molecule has 0 aliphatic carbocycles. The molecule has 0 radical (unpaired) electrons. The van der Waals surface area contributed by atoms with E-state index >= 15 is 0 Å². The molecule has 0 spiro atoms. The van der Waals surface area contributed by atoms with E-state index in [-0.39, 0.29) is 0 Å². The normalized spacial score (nSPS) is 14.1. The Balaban J connectivity index is 3.68. The highest BCUT2D eigenvalue weighted by Gasteiger charge is 2.09. The second-order valence-electron chi connectivity index (χ2n) is 4.26. The lowest BCUT2D eigenvalue weighted by Gasteiger charge is -2.26. The molecule has 0 saturated carbocycles. The Morgan fingerprint density at radius 3 is 2.15 bits per heavy atom. The molecule has 0 aliphatic rings. The topological polar surface area (TPSA) is 29.3 Å². The van der Waals surface area contributed by atoms with Gasteiger partial charge in [0.25, 0.3) is 0 Å². The zero-order chi connectivity index (χ0) is 10.3.